The highest BCUT2D eigenvalue weighted by Gasteiger charge is 2.17. The fourth-order valence-electron chi connectivity index (χ4n) is 4.15. The summed E-state index contributed by atoms with van der Waals surface area (Å²) >= 11 is 0. The molecule has 0 aliphatic carbocycles. The number of hydrogen-bond donors (Lipinski definition) is 1. The van der Waals surface area contributed by atoms with Crippen LogP contribution >= 0.6 is 0 Å². The molecule has 8 nitrogen and oxygen atoms in total. The predicted molar refractivity (Wildman–Crippen MR) is 129 cm³/mol. The molecule has 3 aliphatic heterocycles. The minimum atomic E-state index is -0.280. The highest BCUT2D eigenvalue weighted by molar-refractivity contribution is 5.88. The quantitative estimate of drug-likeness (QED) is 0.696. The lowest BCUT2D eigenvalue weighted by atomic mass is 10.1. The second kappa shape index (κ2) is 11.9. The van der Waals surface area contributed by atoms with Gasteiger partial charge in [0.2, 0.25) is 5.88 Å². The molecule has 9 heteroatoms. The van der Waals surface area contributed by atoms with Gasteiger partial charge < -0.3 is 24.4 Å². The number of fused-ring (bicyclic) bond motifs is 2. The van der Waals surface area contributed by atoms with Crippen molar-refractivity contribution in [1.82, 2.24) is 20.2 Å². The molecule has 0 unspecified atom stereocenters. The van der Waals surface area contributed by atoms with Crippen molar-refractivity contribution in [2.75, 3.05) is 53.6 Å². The standard InChI is InChI=1S/C15H18FN3O.C10H14N2O2/c1-20-14-5-4-13-15(18-14)11(12(16)10-17-13)6-9-19-7-2-3-8-19;1-11-6-8-2-3-9-10(7-12-8)14-5-4-13-9/h4-5,10H,2-3,6-9H2,1H3;3,7,11H,2,4-6H2,1H3. The lowest BCUT2D eigenvalue weighted by molar-refractivity contribution is 0.0590. The number of hydrogen-bond acceptors (Lipinski definition) is 8. The predicted octanol–water partition coefficient (Wildman–Crippen LogP) is 3.24. The fourth-order valence-corrected chi connectivity index (χ4v) is 4.15. The van der Waals surface area contributed by atoms with Crippen LogP contribution < -0.4 is 10.1 Å². The van der Waals surface area contributed by atoms with E-state index in [0.717, 1.165) is 49.8 Å². The maximum absolute atomic E-state index is 14.1. The van der Waals surface area contributed by atoms with E-state index in [1.165, 1.54) is 19.0 Å². The molecule has 3 aliphatic rings. The van der Waals surface area contributed by atoms with E-state index in [-0.39, 0.29) is 5.82 Å². The van der Waals surface area contributed by atoms with Gasteiger partial charge in [0.05, 0.1) is 30.5 Å². The Morgan fingerprint density at radius 2 is 1.94 bits per heavy atom. The van der Waals surface area contributed by atoms with Gasteiger partial charge in [-0.15, -0.1) is 0 Å². The number of ether oxygens (including phenoxy) is 3. The molecule has 1 N–H and O–H groups in total. The highest BCUT2D eigenvalue weighted by atomic mass is 19.1. The van der Waals surface area contributed by atoms with E-state index in [0.29, 0.717) is 42.1 Å². The van der Waals surface area contributed by atoms with Crippen LogP contribution in [0.15, 0.2) is 47.1 Å². The van der Waals surface area contributed by atoms with Crippen LogP contribution in [-0.4, -0.2) is 74.1 Å². The lowest BCUT2D eigenvalue weighted by Crippen LogP contribution is -2.22. The summed E-state index contributed by atoms with van der Waals surface area (Å²) < 4.78 is 30.1. The fraction of sp³-hybridized carbons (Fsp3) is 0.480. The molecular weight excluding hydrogens is 437 g/mol. The Bertz CT molecular complexity index is 1080. The molecule has 0 radical (unpaired) electrons. The molecule has 2 aromatic heterocycles. The topological polar surface area (TPSA) is 81.1 Å². The van der Waals surface area contributed by atoms with Gasteiger partial charge in [-0.2, -0.15) is 0 Å². The van der Waals surface area contributed by atoms with Gasteiger partial charge in [-0.25, -0.2) is 9.37 Å². The van der Waals surface area contributed by atoms with E-state index in [1.54, 1.807) is 19.4 Å². The average molecular weight is 470 g/mol. The molecule has 5 rings (SSSR count). The number of likely N-dealkylation sites (tertiary alicyclic amines) is 1. The summed E-state index contributed by atoms with van der Waals surface area (Å²) in [5, 5.41) is 3.08. The normalized spacial score (nSPS) is 17.8. The summed E-state index contributed by atoms with van der Waals surface area (Å²) in [6, 6.07) is 3.57. The maximum Gasteiger partial charge on any atom is 0.213 e. The summed E-state index contributed by atoms with van der Waals surface area (Å²) in [6.07, 6.45) is 9.01. The third-order valence-electron chi connectivity index (χ3n) is 5.93. The summed E-state index contributed by atoms with van der Waals surface area (Å²) in [7, 11) is 3.47. The number of pyridine rings is 2. The van der Waals surface area contributed by atoms with Gasteiger partial charge in [-0.3, -0.25) is 9.98 Å². The van der Waals surface area contributed by atoms with Crippen molar-refractivity contribution in [3.05, 3.63) is 53.5 Å². The van der Waals surface area contributed by atoms with Crippen LogP contribution in [-0.2, 0) is 15.9 Å². The molecule has 182 valence electrons. The monoisotopic (exact) mass is 469 g/mol. The van der Waals surface area contributed by atoms with Crippen molar-refractivity contribution >= 4 is 16.7 Å². The third kappa shape index (κ3) is 6.09. The van der Waals surface area contributed by atoms with E-state index in [1.807, 2.05) is 19.2 Å². The Morgan fingerprint density at radius 3 is 2.71 bits per heavy atom. The van der Waals surface area contributed by atoms with Gasteiger partial charge in [-0.05, 0) is 51.5 Å². The SMILES string of the molecule is CNCC1=NC=C2OCCOC2=CC1.COc1ccc2ncc(F)c(CCN3CCCC3)c2n1. The molecular formula is C25H32FN5O3. The second-order valence-corrected chi connectivity index (χ2v) is 8.29. The van der Waals surface area contributed by atoms with Crippen molar-refractivity contribution in [2.24, 2.45) is 4.99 Å². The first kappa shape index (κ1) is 24.1. The second-order valence-electron chi connectivity index (χ2n) is 8.29. The zero-order valence-corrected chi connectivity index (χ0v) is 19.8. The largest absolute Gasteiger partial charge is 0.486 e. The first-order valence-corrected chi connectivity index (χ1v) is 11.7. The minimum absolute atomic E-state index is 0.280. The number of nitrogens with one attached hydrogen (secondary N) is 1. The number of halogens is 1. The maximum atomic E-state index is 14.1. The van der Waals surface area contributed by atoms with E-state index < -0.39 is 0 Å². The summed E-state index contributed by atoms with van der Waals surface area (Å²) in [6.45, 7) is 5.13. The van der Waals surface area contributed by atoms with E-state index in [9.17, 15) is 4.39 Å². The van der Waals surface area contributed by atoms with E-state index >= 15 is 0 Å². The zero-order chi connectivity index (χ0) is 23.8. The molecule has 0 bridgehead atoms. The third-order valence-corrected chi connectivity index (χ3v) is 5.93. The number of aromatic nitrogens is 2. The van der Waals surface area contributed by atoms with Crippen molar-refractivity contribution < 1.29 is 18.6 Å². The van der Waals surface area contributed by atoms with E-state index in [4.69, 9.17) is 14.2 Å². The Labute approximate surface area is 199 Å². The number of rotatable bonds is 6. The zero-order valence-electron chi connectivity index (χ0n) is 19.8. The van der Waals surface area contributed by atoms with Crippen molar-refractivity contribution in [3.8, 4) is 5.88 Å². The van der Waals surface area contributed by atoms with Gasteiger partial charge >= 0.3 is 0 Å². The molecule has 2 saturated heterocycles. The van der Waals surface area contributed by atoms with Crippen LogP contribution in [0.2, 0.25) is 0 Å². The highest BCUT2D eigenvalue weighted by Crippen LogP contribution is 2.22. The molecule has 34 heavy (non-hydrogen) atoms. The molecule has 0 amide bonds. The number of methoxy groups -OCH3 is 1. The van der Waals surface area contributed by atoms with Crippen LogP contribution in [0.4, 0.5) is 4.39 Å². The molecule has 5 heterocycles. The first-order valence-electron chi connectivity index (χ1n) is 11.7. The van der Waals surface area contributed by atoms with Gasteiger partial charge in [0.1, 0.15) is 19.0 Å². The molecule has 0 spiro atoms. The van der Waals surface area contributed by atoms with Crippen LogP contribution in [0, 0.1) is 5.82 Å². The molecule has 0 atom stereocenters. The van der Waals surface area contributed by atoms with Gasteiger partial charge in [0.15, 0.2) is 11.5 Å². The van der Waals surface area contributed by atoms with Crippen LogP contribution in [0.3, 0.4) is 0 Å². The minimum Gasteiger partial charge on any atom is -0.486 e. The lowest BCUT2D eigenvalue weighted by Gasteiger charge is -2.19. The molecule has 2 fully saturated rings. The van der Waals surface area contributed by atoms with Crippen LogP contribution in [0.1, 0.15) is 24.8 Å². The van der Waals surface area contributed by atoms with Crippen molar-refractivity contribution in [1.29, 1.82) is 0 Å². The van der Waals surface area contributed by atoms with E-state index in [2.05, 4.69) is 25.2 Å². The Kier molecular flexibility index (Phi) is 8.43. The van der Waals surface area contributed by atoms with Crippen molar-refractivity contribution in [2.45, 2.75) is 25.7 Å². The summed E-state index contributed by atoms with van der Waals surface area (Å²) in [5.74, 6) is 1.79. The number of allylic oxidation sites excluding steroid dienone is 1. The summed E-state index contributed by atoms with van der Waals surface area (Å²) in [4.78, 5) is 15.1. The first-order chi connectivity index (χ1) is 16.7. The molecule has 2 aromatic rings. The average Bonchev–Trinajstić information content (AvgIpc) is 3.31. The van der Waals surface area contributed by atoms with Gasteiger partial charge in [-0.1, -0.05) is 0 Å². The molecule has 0 saturated carbocycles. The van der Waals surface area contributed by atoms with Gasteiger partial charge in [0.25, 0.3) is 0 Å². The Balaban J connectivity index is 0.000000172. The Morgan fingerprint density at radius 1 is 1.15 bits per heavy atom. The van der Waals surface area contributed by atoms with Crippen molar-refractivity contribution in [3.63, 3.8) is 0 Å². The smallest absolute Gasteiger partial charge is 0.213 e. The van der Waals surface area contributed by atoms with Crippen LogP contribution in [0.5, 0.6) is 5.88 Å². The summed E-state index contributed by atoms with van der Waals surface area (Å²) in [5.41, 5.74) is 3.06. The number of aliphatic imine (C=N–C) groups is 1. The molecule has 0 aromatic carbocycles. The van der Waals surface area contributed by atoms with Gasteiger partial charge in [0, 0.05) is 36.9 Å². The number of nitrogens with zero attached hydrogens (tertiary/aromatic N) is 4. The van der Waals surface area contributed by atoms with Crippen LogP contribution in [0.25, 0.3) is 11.0 Å². The Hall–Kier alpha value is -3.04.